The highest BCUT2D eigenvalue weighted by atomic mass is 32.1. The summed E-state index contributed by atoms with van der Waals surface area (Å²) in [5.74, 6) is -0.307. The van der Waals surface area contributed by atoms with E-state index in [1.807, 2.05) is 0 Å². The first-order chi connectivity index (χ1) is 12.6. The molecule has 8 heteroatoms. The molecule has 1 aliphatic rings. The second kappa shape index (κ2) is 6.87. The van der Waals surface area contributed by atoms with Gasteiger partial charge in [-0.2, -0.15) is 0 Å². The molecular formula is C18H18N4O3S. The first-order valence-electron chi connectivity index (χ1n) is 8.67. The Labute approximate surface area is 153 Å². The number of benzene rings is 1. The number of hydrogen-bond acceptors (Lipinski definition) is 5. The number of nitrogens with zero attached hydrogens (tertiary/aromatic N) is 2. The van der Waals surface area contributed by atoms with Crippen LogP contribution >= 0.6 is 11.3 Å². The van der Waals surface area contributed by atoms with Gasteiger partial charge in [0.15, 0.2) is 5.13 Å². The largest absolute Gasteiger partial charge is 0.360 e. The van der Waals surface area contributed by atoms with Crippen LogP contribution in [0.2, 0.25) is 0 Å². The average molecular weight is 370 g/mol. The zero-order valence-electron chi connectivity index (χ0n) is 14.1. The summed E-state index contributed by atoms with van der Waals surface area (Å²) < 4.78 is 0. The third-order valence-corrected chi connectivity index (χ3v) is 5.76. The standard InChI is InChI=1S/C18H18N4O3S/c23-17(13-10-19-14-8-7-11(22(24)25)9-12(13)14)21-18-20-15-5-3-1-2-4-6-16(15)26-18/h7-10,19H,1-6H2,(H,20,21,23). The molecule has 7 nitrogen and oxygen atoms in total. The summed E-state index contributed by atoms with van der Waals surface area (Å²) in [6.07, 6.45) is 8.32. The number of carbonyl (C=O) groups excluding carboxylic acids is 1. The number of aromatic nitrogens is 2. The predicted molar refractivity (Wildman–Crippen MR) is 101 cm³/mol. The summed E-state index contributed by atoms with van der Waals surface area (Å²) in [5, 5.41) is 15.0. The molecule has 134 valence electrons. The number of H-pyrrole nitrogens is 1. The van der Waals surface area contributed by atoms with Crippen LogP contribution in [-0.2, 0) is 12.8 Å². The first-order valence-corrected chi connectivity index (χ1v) is 9.49. The molecule has 1 amide bonds. The van der Waals surface area contributed by atoms with Crippen molar-refractivity contribution in [1.82, 2.24) is 9.97 Å². The summed E-state index contributed by atoms with van der Waals surface area (Å²) in [6, 6.07) is 4.45. The minimum atomic E-state index is -0.463. The lowest BCUT2D eigenvalue weighted by Crippen LogP contribution is -2.11. The molecule has 26 heavy (non-hydrogen) atoms. The molecule has 3 aromatic rings. The lowest BCUT2D eigenvalue weighted by Gasteiger charge is -2.06. The van der Waals surface area contributed by atoms with Gasteiger partial charge in [-0.3, -0.25) is 20.2 Å². The van der Waals surface area contributed by atoms with Crippen molar-refractivity contribution in [3.63, 3.8) is 0 Å². The van der Waals surface area contributed by atoms with Gasteiger partial charge in [-0.15, -0.1) is 11.3 Å². The van der Waals surface area contributed by atoms with Gasteiger partial charge in [0.05, 0.1) is 16.2 Å². The quantitative estimate of drug-likeness (QED) is 0.525. The Balaban J connectivity index is 1.60. The summed E-state index contributed by atoms with van der Waals surface area (Å²) in [7, 11) is 0. The van der Waals surface area contributed by atoms with Crippen molar-refractivity contribution in [3.05, 3.63) is 50.6 Å². The van der Waals surface area contributed by atoms with Crippen molar-refractivity contribution in [2.75, 3.05) is 5.32 Å². The van der Waals surface area contributed by atoms with Gasteiger partial charge in [-0.25, -0.2) is 4.98 Å². The second-order valence-electron chi connectivity index (χ2n) is 6.45. The van der Waals surface area contributed by atoms with E-state index in [1.54, 1.807) is 12.3 Å². The number of thiazole rings is 1. The van der Waals surface area contributed by atoms with E-state index in [-0.39, 0.29) is 11.6 Å². The fraction of sp³-hybridized carbons (Fsp3) is 0.333. The number of rotatable bonds is 3. The molecule has 2 aromatic heterocycles. The number of carbonyl (C=O) groups is 1. The predicted octanol–water partition coefficient (Wildman–Crippen LogP) is 4.44. The van der Waals surface area contributed by atoms with Gasteiger partial charge in [-0.1, -0.05) is 12.8 Å². The molecular weight excluding hydrogens is 352 g/mol. The lowest BCUT2D eigenvalue weighted by atomic mass is 10.0. The van der Waals surface area contributed by atoms with E-state index in [9.17, 15) is 14.9 Å². The smallest absolute Gasteiger partial charge is 0.270 e. The van der Waals surface area contributed by atoms with Crippen LogP contribution in [0.25, 0.3) is 10.9 Å². The van der Waals surface area contributed by atoms with Crippen molar-refractivity contribution in [2.45, 2.75) is 38.5 Å². The van der Waals surface area contributed by atoms with E-state index in [4.69, 9.17) is 0 Å². The van der Waals surface area contributed by atoms with Crippen molar-refractivity contribution in [1.29, 1.82) is 0 Å². The molecule has 1 aliphatic carbocycles. The zero-order valence-corrected chi connectivity index (χ0v) is 14.9. The minimum Gasteiger partial charge on any atom is -0.360 e. The number of non-ortho nitro benzene ring substituents is 1. The molecule has 0 aliphatic heterocycles. The molecule has 2 heterocycles. The van der Waals surface area contributed by atoms with E-state index in [0.717, 1.165) is 31.4 Å². The number of nitro benzene ring substituents is 1. The normalized spacial score (nSPS) is 14.5. The highest BCUT2D eigenvalue weighted by Gasteiger charge is 2.18. The summed E-state index contributed by atoms with van der Waals surface area (Å²) >= 11 is 1.54. The van der Waals surface area contributed by atoms with Crippen LogP contribution in [0.5, 0.6) is 0 Å². The number of aryl methyl sites for hydroxylation is 2. The number of nitro groups is 1. The Bertz CT molecular complexity index is 966. The lowest BCUT2D eigenvalue weighted by molar-refractivity contribution is -0.384. The topological polar surface area (TPSA) is 101 Å². The molecule has 0 saturated heterocycles. The summed E-state index contributed by atoms with van der Waals surface area (Å²) in [4.78, 5) is 32.1. The monoisotopic (exact) mass is 370 g/mol. The fourth-order valence-corrected chi connectivity index (χ4v) is 4.38. The van der Waals surface area contributed by atoms with E-state index in [2.05, 4.69) is 15.3 Å². The van der Waals surface area contributed by atoms with Gasteiger partial charge in [0.2, 0.25) is 0 Å². The van der Waals surface area contributed by atoms with Crippen molar-refractivity contribution >= 4 is 39.0 Å². The zero-order chi connectivity index (χ0) is 18.1. The molecule has 1 aromatic carbocycles. The van der Waals surface area contributed by atoms with E-state index in [1.165, 1.54) is 41.2 Å². The number of amides is 1. The molecule has 2 N–H and O–H groups in total. The SMILES string of the molecule is O=C(Nc1nc2c(s1)CCCCCC2)c1c[nH]c2ccc([N+](=O)[O-])cc12. The van der Waals surface area contributed by atoms with Crippen LogP contribution in [0.3, 0.4) is 0 Å². The maximum atomic E-state index is 12.7. The molecule has 0 radical (unpaired) electrons. The molecule has 0 atom stereocenters. The maximum Gasteiger partial charge on any atom is 0.270 e. The number of anilines is 1. The Morgan fingerprint density at radius 3 is 2.85 bits per heavy atom. The van der Waals surface area contributed by atoms with E-state index in [0.29, 0.717) is 21.6 Å². The summed E-state index contributed by atoms with van der Waals surface area (Å²) in [5.41, 5.74) is 2.13. The van der Waals surface area contributed by atoms with Crippen molar-refractivity contribution < 1.29 is 9.72 Å². The van der Waals surface area contributed by atoms with Gasteiger partial charge in [0.1, 0.15) is 0 Å². The summed E-state index contributed by atoms with van der Waals surface area (Å²) in [6.45, 7) is 0. The Kier molecular flexibility index (Phi) is 4.42. The molecule has 4 rings (SSSR count). The maximum absolute atomic E-state index is 12.7. The second-order valence-corrected chi connectivity index (χ2v) is 7.53. The average Bonchev–Trinajstić information content (AvgIpc) is 3.18. The van der Waals surface area contributed by atoms with Gasteiger partial charge >= 0.3 is 0 Å². The molecule has 0 spiro atoms. The van der Waals surface area contributed by atoms with E-state index >= 15 is 0 Å². The Morgan fingerprint density at radius 2 is 2.04 bits per heavy atom. The third-order valence-electron chi connectivity index (χ3n) is 4.69. The van der Waals surface area contributed by atoms with Crippen LogP contribution in [0.15, 0.2) is 24.4 Å². The van der Waals surface area contributed by atoms with E-state index < -0.39 is 4.92 Å². The van der Waals surface area contributed by atoms with Crippen LogP contribution in [0.1, 0.15) is 46.6 Å². The van der Waals surface area contributed by atoms with Gasteiger partial charge in [-0.05, 0) is 31.7 Å². The molecule has 0 fully saturated rings. The van der Waals surface area contributed by atoms with Gasteiger partial charge < -0.3 is 4.98 Å². The number of fused-ring (bicyclic) bond motifs is 2. The highest BCUT2D eigenvalue weighted by Crippen LogP contribution is 2.30. The molecule has 0 bridgehead atoms. The number of aromatic amines is 1. The Hall–Kier alpha value is -2.74. The third kappa shape index (κ3) is 3.20. The van der Waals surface area contributed by atoms with Crippen molar-refractivity contribution in [3.8, 4) is 0 Å². The number of nitrogens with one attached hydrogen (secondary N) is 2. The van der Waals surface area contributed by atoms with Crippen molar-refractivity contribution in [2.24, 2.45) is 0 Å². The van der Waals surface area contributed by atoms with Crippen LogP contribution < -0.4 is 5.32 Å². The van der Waals surface area contributed by atoms with Gasteiger partial charge in [0, 0.05) is 34.1 Å². The molecule has 0 unspecified atom stereocenters. The minimum absolute atomic E-state index is 0.0386. The van der Waals surface area contributed by atoms with Gasteiger partial charge in [0.25, 0.3) is 11.6 Å². The number of hydrogen-bond donors (Lipinski definition) is 2. The molecule has 0 saturated carbocycles. The Morgan fingerprint density at radius 1 is 1.23 bits per heavy atom. The van der Waals surface area contributed by atoms with Crippen LogP contribution in [0.4, 0.5) is 10.8 Å². The van der Waals surface area contributed by atoms with Crippen LogP contribution in [0, 0.1) is 10.1 Å². The van der Waals surface area contributed by atoms with Crippen LogP contribution in [-0.4, -0.2) is 20.8 Å². The fourth-order valence-electron chi connectivity index (χ4n) is 3.33. The first kappa shape index (κ1) is 16.7. The highest BCUT2D eigenvalue weighted by molar-refractivity contribution is 7.15.